The molecule has 0 aliphatic carbocycles. The van der Waals surface area contributed by atoms with E-state index >= 15 is 0 Å². The number of carbonyl (C=O) groups is 2. The van der Waals surface area contributed by atoms with Crippen molar-refractivity contribution in [2.24, 2.45) is 11.0 Å². The van der Waals surface area contributed by atoms with E-state index in [9.17, 15) is 9.59 Å². The van der Waals surface area contributed by atoms with Crippen molar-refractivity contribution in [1.82, 2.24) is 10.7 Å². The molecule has 2 aromatic rings. The normalized spacial score (nSPS) is 20.7. The minimum Gasteiger partial charge on any atom is -0.454 e. The van der Waals surface area contributed by atoms with Crippen LogP contribution in [0.4, 0.5) is 0 Å². The van der Waals surface area contributed by atoms with Crippen molar-refractivity contribution in [3.63, 3.8) is 0 Å². The lowest BCUT2D eigenvalue weighted by Crippen LogP contribution is -2.34. The number of nitrogens with one attached hydrogen (secondary N) is 2. The van der Waals surface area contributed by atoms with Gasteiger partial charge in [-0.15, -0.1) is 0 Å². The van der Waals surface area contributed by atoms with Gasteiger partial charge in [0.1, 0.15) is 5.92 Å². The Morgan fingerprint density at radius 3 is 2.74 bits per heavy atom. The number of fused-ring (bicyclic) bond motifs is 1. The number of nitrogens with zero attached hydrogens (tertiary/aromatic N) is 1. The second kappa shape index (κ2) is 7.40. The van der Waals surface area contributed by atoms with Crippen molar-refractivity contribution in [2.75, 3.05) is 13.3 Å². The molecule has 27 heavy (non-hydrogen) atoms. The number of halogens is 1. The smallest absolute Gasteiger partial charge is 0.253 e. The first kappa shape index (κ1) is 17.5. The highest BCUT2D eigenvalue weighted by Gasteiger charge is 2.40. The van der Waals surface area contributed by atoms with Crippen molar-refractivity contribution in [3.05, 3.63) is 58.1 Å². The second-order valence-corrected chi connectivity index (χ2v) is 7.06. The van der Waals surface area contributed by atoms with Crippen molar-refractivity contribution in [2.45, 2.75) is 5.92 Å². The lowest BCUT2D eigenvalue weighted by atomic mass is 9.88. The van der Waals surface area contributed by atoms with Gasteiger partial charge < -0.3 is 14.8 Å². The highest BCUT2D eigenvalue weighted by molar-refractivity contribution is 9.10. The zero-order valence-electron chi connectivity index (χ0n) is 14.1. The number of amides is 2. The van der Waals surface area contributed by atoms with Crippen LogP contribution in [0.25, 0.3) is 0 Å². The number of hydrogen-bond acceptors (Lipinski definition) is 5. The summed E-state index contributed by atoms with van der Waals surface area (Å²) in [5.74, 6) is -0.495. The Morgan fingerprint density at radius 2 is 1.96 bits per heavy atom. The highest BCUT2D eigenvalue weighted by Crippen LogP contribution is 2.36. The van der Waals surface area contributed by atoms with E-state index in [1.54, 1.807) is 12.1 Å². The summed E-state index contributed by atoms with van der Waals surface area (Å²) in [6, 6.07) is 13.1. The average molecular weight is 430 g/mol. The van der Waals surface area contributed by atoms with Gasteiger partial charge in [0.15, 0.2) is 11.5 Å². The third-order valence-electron chi connectivity index (χ3n) is 4.56. The molecule has 0 aromatic heterocycles. The lowest BCUT2D eigenvalue weighted by molar-refractivity contribution is -0.133. The van der Waals surface area contributed by atoms with Crippen molar-refractivity contribution in [1.29, 1.82) is 0 Å². The number of rotatable bonds is 4. The molecule has 0 bridgehead atoms. The molecule has 138 valence electrons. The molecule has 4 rings (SSSR count). The predicted molar refractivity (Wildman–Crippen MR) is 102 cm³/mol. The van der Waals surface area contributed by atoms with Gasteiger partial charge in [0.2, 0.25) is 12.7 Å². The van der Waals surface area contributed by atoms with E-state index < -0.39 is 11.8 Å². The fraction of sp³-hybridized carbons (Fsp3) is 0.211. The van der Waals surface area contributed by atoms with Gasteiger partial charge in [-0.25, -0.2) is 5.43 Å². The van der Waals surface area contributed by atoms with Crippen LogP contribution < -0.4 is 20.2 Å². The van der Waals surface area contributed by atoms with Crippen LogP contribution in [-0.2, 0) is 9.59 Å². The van der Waals surface area contributed by atoms with Crippen molar-refractivity contribution < 1.29 is 19.1 Å². The first-order valence-electron chi connectivity index (χ1n) is 8.38. The first-order valence-corrected chi connectivity index (χ1v) is 9.17. The maximum atomic E-state index is 12.6. The zero-order valence-corrected chi connectivity index (χ0v) is 15.7. The molecule has 2 heterocycles. The van der Waals surface area contributed by atoms with Crippen LogP contribution in [0.1, 0.15) is 17.0 Å². The van der Waals surface area contributed by atoms with Gasteiger partial charge in [-0.1, -0.05) is 30.3 Å². The molecule has 2 atom stereocenters. The molecule has 2 aromatic carbocycles. The first-order chi connectivity index (χ1) is 13.1. The molecule has 0 saturated carbocycles. The SMILES string of the molecule is O=C1NCC(c2ccccc2)C1C(=O)NN=Cc1cc2c(cc1Br)OCO2. The number of ether oxygens (including phenoxy) is 2. The minimum absolute atomic E-state index is 0.177. The van der Waals surface area contributed by atoms with Gasteiger partial charge in [0, 0.05) is 22.5 Å². The third-order valence-corrected chi connectivity index (χ3v) is 5.25. The summed E-state index contributed by atoms with van der Waals surface area (Å²) in [6.07, 6.45) is 1.49. The molecule has 7 nitrogen and oxygen atoms in total. The van der Waals surface area contributed by atoms with E-state index in [4.69, 9.17) is 9.47 Å². The van der Waals surface area contributed by atoms with Gasteiger partial charge in [0.25, 0.3) is 5.91 Å². The molecule has 2 aliphatic heterocycles. The highest BCUT2D eigenvalue weighted by atomic mass is 79.9. The summed E-state index contributed by atoms with van der Waals surface area (Å²) >= 11 is 3.43. The Bertz CT molecular complexity index is 917. The Morgan fingerprint density at radius 1 is 1.22 bits per heavy atom. The quantitative estimate of drug-likeness (QED) is 0.442. The molecule has 2 N–H and O–H groups in total. The Kier molecular flexibility index (Phi) is 4.81. The third kappa shape index (κ3) is 3.52. The molecule has 0 spiro atoms. The number of hydrazone groups is 1. The van der Waals surface area contributed by atoms with E-state index in [1.165, 1.54) is 6.21 Å². The van der Waals surface area contributed by atoms with E-state index in [-0.39, 0.29) is 18.6 Å². The summed E-state index contributed by atoms with van der Waals surface area (Å²) in [7, 11) is 0. The van der Waals surface area contributed by atoms with Gasteiger partial charge in [0.05, 0.1) is 6.21 Å². The molecular weight excluding hydrogens is 414 g/mol. The maximum Gasteiger partial charge on any atom is 0.253 e. The van der Waals surface area contributed by atoms with Crippen LogP contribution in [-0.4, -0.2) is 31.4 Å². The van der Waals surface area contributed by atoms with Crippen LogP contribution in [0.15, 0.2) is 52.0 Å². The largest absolute Gasteiger partial charge is 0.454 e. The number of hydrogen-bond donors (Lipinski definition) is 2. The van der Waals surface area contributed by atoms with E-state index in [0.717, 1.165) is 15.6 Å². The van der Waals surface area contributed by atoms with Crippen molar-refractivity contribution in [3.8, 4) is 11.5 Å². The molecule has 2 amide bonds. The summed E-state index contributed by atoms with van der Waals surface area (Å²) in [4.78, 5) is 24.7. The summed E-state index contributed by atoms with van der Waals surface area (Å²) < 4.78 is 11.4. The molecule has 2 unspecified atom stereocenters. The number of carbonyl (C=O) groups excluding carboxylic acids is 2. The fourth-order valence-corrected chi connectivity index (χ4v) is 3.62. The van der Waals surface area contributed by atoms with E-state index in [1.807, 2.05) is 30.3 Å². The molecule has 0 radical (unpaired) electrons. The Hall–Kier alpha value is -2.87. The van der Waals surface area contributed by atoms with Gasteiger partial charge in [-0.05, 0) is 33.6 Å². The number of benzene rings is 2. The Balaban J connectivity index is 1.47. The molecule has 8 heteroatoms. The van der Waals surface area contributed by atoms with Crippen LogP contribution in [0.2, 0.25) is 0 Å². The molecule has 1 fully saturated rings. The van der Waals surface area contributed by atoms with Crippen LogP contribution >= 0.6 is 15.9 Å². The summed E-state index contributed by atoms with van der Waals surface area (Å²) in [6.45, 7) is 0.606. The summed E-state index contributed by atoms with van der Waals surface area (Å²) in [5, 5.41) is 6.76. The van der Waals surface area contributed by atoms with Crippen LogP contribution in [0.5, 0.6) is 11.5 Å². The van der Waals surface area contributed by atoms with Crippen molar-refractivity contribution >= 4 is 34.0 Å². The van der Waals surface area contributed by atoms with Gasteiger partial charge in [-0.2, -0.15) is 5.10 Å². The monoisotopic (exact) mass is 429 g/mol. The summed E-state index contributed by atoms with van der Waals surface area (Å²) in [5.41, 5.74) is 4.14. The van der Waals surface area contributed by atoms with Gasteiger partial charge in [-0.3, -0.25) is 9.59 Å². The average Bonchev–Trinajstić information content (AvgIpc) is 3.28. The lowest BCUT2D eigenvalue weighted by Gasteiger charge is -2.15. The fourth-order valence-electron chi connectivity index (χ4n) is 3.20. The second-order valence-electron chi connectivity index (χ2n) is 6.20. The molecule has 2 aliphatic rings. The zero-order chi connectivity index (χ0) is 18.8. The van der Waals surface area contributed by atoms with E-state index in [0.29, 0.717) is 18.0 Å². The molecule has 1 saturated heterocycles. The van der Waals surface area contributed by atoms with E-state index in [2.05, 4.69) is 31.8 Å². The minimum atomic E-state index is -0.815. The van der Waals surface area contributed by atoms with Crippen LogP contribution in [0.3, 0.4) is 0 Å². The standard InChI is InChI=1S/C19H16BrN3O4/c20-14-7-16-15(26-10-27-16)6-12(14)8-22-23-19(25)17-13(9-21-18(17)24)11-4-2-1-3-5-11/h1-8,13,17H,9-10H2,(H,21,24)(H,23,25). The molecular formula is C19H16BrN3O4. The van der Waals surface area contributed by atoms with Gasteiger partial charge >= 0.3 is 0 Å². The maximum absolute atomic E-state index is 12.6. The predicted octanol–water partition coefficient (Wildman–Crippen LogP) is 2.16. The van der Waals surface area contributed by atoms with Crippen LogP contribution in [0, 0.1) is 5.92 Å². The topological polar surface area (TPSA) is 89.0 Å². The Labute approximate surface area is 163 Å².